The second-order valence-electron chi connectivity index (χ2n) is 6.49. The first kappa shape index (κ1) is 17.3. The molecule has 1 aromatic heterocycles. The predicted molar refractivity (Wildman–Crippen MR) is 90.9 cm³/mol. The van der Waals surface area contributed by atoms with Crippen molar-refractivity contribution >= 4 is 22.8 Å². The molecule has 1 aliphatic heterocycles. The minimum absolute atomic E-state index is 0.00407. The second kappa shape index (κ2) is 7.16. The summed E-state index contributed by atoms with van der Waals surface area (Å²) in [6.07, 6.45) is -0.136. The normalized spacial score (nSPS) is 21.2. The molecule has 1 aliphatic rings. The Bertz CT molecular complexity index is 774. The topological polar surface area (TPSA) is 114 Å². The van der Waals surface area contributed by atoms with Crippen molar-refractivity contribution in [2.24, 2.45) is 0 Å². The lowest BCUT2D eigenvalue weighted by atomic mass is 10.0. The number of amides is 2. The van der Waals surface area contributed by atoms with E-state index in [0.717, 1.165) is 0 Å². The van der Waals surface area contributed by atoms with E-state index in [2.05, 4.69) is 20.7 Å². The number of aliphatic hydroxyl groups excluding tert-OH is 1. The zero-order valence-corrected chi connectivity index (χ0v) is 14.3. The van der Waals surface area contributed by atoms with Gasteiger partial charge in [-0.2, -0.15) is 15.4 Å². The number of H-pyrrole nitrogens is 1. The van der Waals surface area contributed by atoms with Crippen LogP contribution in [0.1, 0.15) is 16.8 Å². The molecule has 3 N–H and O–H groups in total. The van der Waals surface area contributed by atoms with E-state index in [1.165, 1.54) is 4.90 Å². The fraction of sp³-hybridized carbons (Fsp3) is 0.500. The number of carbonyl (C=O) groups excluding carboxylic acids is 2. The van der Waals surface area contributed by atoms with Crippen LogP contribution >= 0.6 is 0 Å². The lowest BCUT2D eigenvalue weighted by molar-refractivity contribution is -0.130. The molecule has 1 saturated heterocycles. The van der Waals surface area contributed by atoms with Gasteiger partial charge in [-0.3, -0.25) is 14.5 Å². The van der Waals surface area contributed by atoms with Gasteiger partial charge in [-0.15, -0.1) is 0 Å². The largest absolute Gasteiger partial charge is 0.390 e. The number of rotatable bonds is 4. The molecule has 9 nitrogen and oxygen atoms in total. The Hall–Kier alpha value is -2.52. The number of aliphatic hydroxyl groups is 1. The zero-order valence-electron chi connectivity index (χ0n) is 14.3. The first-order chi connectivity index (χ1) is 11.9. The molecule has 0 bridgehead atoms. The van der Waals surface area contributed by atoms with Gasteiger partial charge in [-0.25, -0.2) is 0 Å². The summed E-state index contributed by atoms with van der Waals surface area (Å²) < 4.78 is 0. The molecule has 0 unspecified atom stereocenters. The SMILES string of the molecule is CN(C)C(=O)CN1CC[C@@H](NC(=O)c2ccc3n[nH]nc3c2)[C@H](O)C1. The number of β-amino-alcohol motifs (C(OH)–C–C–N with tert-alkyl or cyclic N) is 1. The van der Waals surface area contributed by atoms with Gasteiger partial charge < -0.3 is 15.3 Å². The summed E-state index contributed by atoms with van der Waals surface area (Å²) in [4.78, 5) is 27.6. The van der Waals surface area contributed by atoms with Crippen molar-refractivity contribution < 1.29 is 14.7 Å². The van der Waals surface area contributed by atoms with Crippen LogP contribution < -0.4 is 5.32 Å². The Balaban J connectivity index is 1.58. The maximum Gasteiger partial charge on any atom is 0.251 e. The Morgan fingerprint density at radius 3 is 2.84 bits per heavy atom. The summed E-state index contributed by atoms with van der Waals surface area (Å²) in [7, 11) is 3.41. The molecule has 2 aromatic rings. The van der Waals surface area contributed by atoms with Crippen LogP contribution in [0.3, 0.4) is 0 Å². The van der Waals surface area contributed by atoms with Crippen molar-refractivity contribution in [2.45, 2.75) is 18.6 Å². The van der Waals surface area contributed by atoms with Crippen LogP contribution in [0.5, 0.6) is 0 Å². The average molecular weight is 346 g/mol. The van der Waals surface area contributed by atoms with Crippen LogP contribution in [0.4, 0.5) is 0 Å². The number of hydrogen-bond donors (Lipinski definition) is 3. The van der Waals surface area contributed by atoms with E-state index < -0.39 is 6.10 Å². The van der Waals surface area contributed by atoms with Crippen LogP contribution in [-0.2, 0) is 4.79 Å². The molecule has 3 rings (SSSR count). The smallest absolute Gasteiger partial charge is 0.251 e. The zero-order chi connectivity index (χ0) is 18.0. The Morgan fingerprint density at radius 1 is 1.36 bits per heavy atom. The monoisotopic (exact) mass is 346 g/mol. The third kappa shape index (κ3) is 3.94. The van der Waals surface area contributed by atoms with Crippen molar-refractivity contribution in [3.63, 3.8) is 0 Å². The maximum absolute atomic E-state index is 12.4. The maximum atomic E-state index is 12.4. The van der Waals surface area contributed by atoms with Gasteiger partial charge >= 0.3 is 0 Å². The number of likely N-dealkylation sites (tertiary alicyclic amines) is 1. The van der Waals surface area contributed by atoms with Crippen LogP contribution in [-0.4, -0.2) is 88.0 Å². The highest BCUT2D eigenvalue weighted by Crippen LogP contribution is 2.14. The summed E-state index contributed by atoms with van der Waals surface area (Å²) in [5.41, 5.74) is 1.78. The standard InChI is InChI=1S/C16H22N6O3/c1-21(2)15(24)9-22-6-5-12(14(23)8-22)17-16(25)10-3-4-11-13(7-10)19-20-18-11/h3-4,7,12,14,23H,5-6,8-9H2,1-2H3,(H,17,25)(H,18,19,20)/t12-,14-/m1/s1. The van der Waals surface area contributed by atoms with Gasteiger partial charge in [0.05, 0.1) is 18.7 Å². The van der Waals surface area contributed by atoms with Crippen LogP contribution in [0.25, 0.3) is 11.0 Å². The molecule has 0 saturated carbocycles. The number of hydrogen-bond acceptors (Lipinski definition) is 6. The van der Waals surface area contributed by atoms with E-state index in [-0.39, 0.29) is 24.4 Å². The molecular weight excluding hydrogens is 324 g/mol. The van der Waals surface area contributed by atoms with Crippen LogP contribution in [0, 0.1) is 0 Å². The molecule has 9 heteroatoms. The van der Waals surface area contributed by atoms with E-state index >= 15 is 0 Å². The summed E-state index contributed by atoms with van der Waals surface area (Å²) in [5, 5.41) is 23.6. The first-order valence-electron chi connectivity index (χ1n) is 8.16. The molecule has 25 heavy (non-hydrogen) atoms. The summed E-state index contributed by atoms with van der Waals surface area (Å²) in [6.45, 7) is 1.27. The number of carbonyl (C=O) groups is 2. The lowest BCUT2D eigenvalue weighted by Crippen LogP contribution is -2.55. The highest BCUT2D eigenvalue weighted by Gasteiger charge is 2.30. The highest BCUT2D eigenvalue weighted by atomic mass is 16.3. The molecule has 0 radical (unpaired) electrons. The molecule has 0 aliphatic carbocycles. The first-order valence-corrected chi connectivity index (χ1v) is 8.16. The molecule has 134 valence electrons. The number of benzene rings is 1. The summed E-state index contributed by atoms with van der Waals surface area (Å²) >= 11 is 0. The fourth-order valence-corrected chi connectivity index (χ4v) is 2.88. The van der Waals surface area contributed by atoms with Crippen molar-refractivity contribution in [2.75, 3.05) is 33.7 Å². The molecule has 1 aromatic carbocycles. The van der Waals surface area contributed by atoms with Crippen LogP contribution in [0.2, 0.25) is 0 Å². The van der Waals surface area contributed by atoms with Gasteiger partial charge in [0.15, 0.2) is 0 Å². The van der Waals surface area contributed by atoms with Gasteiger partial charge in [-0.05, 0) is 24.6 Å². The third-order valence-electron chi connectivity index (χ3n) is 4.42. The number of likely N-dealkylation sites (N-methyl/N-ethyl adjacent to an activating group) is 1. The minimum atomic E-state index is -0.719. The summed E-state index contributed by atoms with van der Waals surface area (Å²) in [6, 6.07) is 4.72. The number of nitrogens with one attached hydrogen (secondary N) is 2. The molecule has 0 spiro atoms. The van der Waals surface area contributed by atoms with E-state index in [4.69, 9.17) is 0 Å². The number of nitrogens with zero attached hydrogens (tertiary/aromatic N) is 4. The van der Waals surface area contributed by atoms with E-state index in [1.807, 2.05) is 4.90 Å². The van der Waals surface area contributed by atoms with Gasteiger partial charge in [0, 0.05) is 32.7 Å². The Labute approximate surface area is 145 Å². The van der Waals surface area contributed by atoms with E-state index in [9.17, 15) is 14.7 Å². The average Bonchev–Trinajstić information content (AvgIpc) is 3.04. The molecule has 2 amide bonds. The number of aromatic amines is 1. The second-order valence-corrected chi connectivity index (χ2v) is 6.49. The van der Waals surface area contributed by atoms with Crippen molar-refractivity contribution in [3.8, 4) is 0 Å². The number of aromatic nitrogens is 3. The van der Waals surface area contributed by atoms with Gasteiger partial charge in [0.25, 0.3) is 5.91 Å². The lowest BCUT2D eigenvalue weighted by Gasteiger charge is -2.36. The van der Waals surface area contributed by atoms with Crippen molar-refractivity contribution in [1.29, 1.82) is 0 Å². The number of piperidine rings is 1. The van der Waals surface area contributed by atoms with E-state index in [0.29, 0.717) is 36.1 Å². The minimum Gasteiger partial charge on any atom is -0.390 e. The quantitative estimate of drug-likeness (QED) is 0.668. The predicted octanol–water partition coefficient (Wildman–Crippen LogP) is -0.789. The van der Waals surface area contributed by atoms with Crippen molar-refractivity contribution in [3.05, 3.63) is 23.8 Å². The van der Waals surface area contributed by atoms with Crippen LogP contribution in [0.15, 0.2) is 18.2 Å². The molecule has 2 atom stereocenters. The Kier molecular flexibility index (Phi) is 4.95. The van der Waals surface area contributed by atoms with Gasteiger partial charge in [0.1, 0.15) is 11.0 Å². The summed E-state index contributed by atoms with van der Waals surface area (Å²) in [5.74, 6) is -0.262. The van der Waals surface area contributed by atoms with Crippen molar-refractivity contribution in [1.82, 2.24) is 30.5 Å². The Morgan fingerprint density at radius 2 is 2.12 bits per heavy atom. The molecule has 1 fully saturated rings. The molecule has 2 heterocycles. The van der Waals surface area contributed by atoms with E-state index in [1.54, 1.807) is 32.3 Å². The molecular formula is C16H22N6O3. The number of fused-ring (bicyclic) bond motifs is 1. The van der Waals surface area contributed by atoms with Gasteiger partial charge in [0.2, 0.25) is 5.91 Å². The highest BCUT2D eigenvalue weighted by molar-refractivity contribution is 5.97. The van der Waals surface area contributed by atoms with Gasteiger partial charge in [-0.1, -0.05) is 0 Å². The third-order valence-corrected chi connectivity index (χ3v) is 4.42. The fourth-order valence-electron chi connectivity index (χ4n) is 2.88.